The van der Waals surface area contributed by atoms with Crippen LogP contribution in [0.1, 0.15) is 48.9 Å². The quantitative estimate of drug-likeness (QED) is 0.159. The summed E-state index contributed by atoms with van der Waals surface area (Å²) in [7, 11) is 0. The van der Waals surface area contributed by atoms with Crippen LogP contribution in [-0.2, 0) is 19.1 Å². The van der Waals surface area contributed by atoms with E-state index in [1.807, 2.05) is 0 Å². The number of hydrogen-bond donors (Lipinski definition) is 0. The maximum Gasteiger partial charge on any atom is 0.339 e. The highest BCUT2D eigenvalue weighted by Gasteiger charge is 2.21. The topological polar surface area (TPSA) is 86.7 Å². The summed E-state index contributed by atoms with van der Waals surface area (Å²) >= 11 is 1.66. The summed E-state index contributed by atoms with van der Waals surface area (Å²) in [6.45, 7) is 6.60. The first kappa shape index (κ1) is 27.4. The summed E-state index contributed by atoms with van der Waals surface area (Å²) in [6, 6.07) is 12.5. The van der Waals surface area contributed by atoms with Crippen molar-refractivity contribution in [1.29, 1.82) is 0 Å². The zero-order valence-electron chi connectivity index (χ0n) is 19.5. The van der Waals surface area contributed by atoms with Crippen LogP contribution in [0.2, 0.25) is 0 Å². The molecule has 6 nitrogen and oxygen atoms in total. The van der Waals surface area contributed by atoms with Gasteiger partial charge in [0.15, 0.2) is 5.83 Å². The van der Waals surface area contributed by atoms with Crippen LogP contribution in [0.25, 0.3) is 0 Å². The van der Waals surface area contributed by atoms with Crippen molar-refractivity contribution in [2.24, 2.45) is 0 Å². The van der Waals surface area contributed by atoms with Gasteiger partial charge in [-0.05, 0) is 97.7 Å². The van der Waals surface area contributed by atoms with Crippen molar-refractivity contribution in [3.8, 4) is 5.75 Å². The first-order valence-electron chi connectivity index (χ1n) is 11.3. The molecule has 0 N–H and O–H groups in total. The molecule has 3 rings (SSSR count). The second-order valence-corrected chi connectivity index (χ2v) is 10.2. The minimum atomic E-state index is -1.04. The van der Waals surface area contributed by atoms with Crippen LogP contribution in [0.4, 0.5) is 4.39 Å². The molecule has 0 spiro atoms. The SMILES string of the molecule is C=C(F)C(=O)Sc1ccc(C(=O)Sc2ccc(OC(=O)C(=C)CC(=O)OC3CCCCC3)cc2)cc1. The van der Waals surface area contributed by atoms with E-state index >= 15 is 0 Å². The van der Waals surface area contributed by atoms with Gasteiger partial charge in [-0.3, -0.25) is 14.4 Å². The predicted molar refractivity (Wildman–Crippen MR) is 137 cm³/mol. The van der Waals surface area contributed by atoms with Crippen LogP contribution >= 0.6 is 23.5 Å². The molecule has 36 heavy (non-hydrogen) atoms. The summed E-state index contributed by atoms with van der Waals surface area (Å²) in [4.78, 5) is 49.4. The van der Waals surface area contributed by atoms with E-state index in [1.165, 1.54) is 12.1 Å². The third-order valence-electron chi connectivity index (χ3n) is 5.26. The summed E-state index contributed by atoms with van der Waals surface area (Å²) in [6.07, 6.45) is 4.58. The van der Waals surface area contributed by atoms with Crippen LogP contribution in [0.3, 0.4) is 0 Å². The maximum absolute atomic E-state index is 12.8. The molecule has 1 saturated carbocycles. The van der Waals surface area contributed by atoms with Gasteiger partial charge in [-0.15, -0.1) is 0 Å². The Hall–Kier alpha value is -3.17. The average Bonchev–Trinajstić information content (AvgIpc) is 2.86. The van der Waals surface area contributed by atoms with Gasteiger partial charge < -0.3 is 9.47 Å². The van der Waals surface area contributed by atoms with Crippen LogP contribution in [0, 0.1) is 0 Å². The number of carbonyl (C=O) groups is 4. The molecule has 0 amide bonds. The molecular weight excluding hydrogens is 503 g/mol. The van der Waals surface area contributed by atoms with Gasteiger partial charge in [0.1, 0.15) is 11.9 Å². The van der Waals surface area contributed by atoms with Gasteiger partial charge in [0.2, 0.25) is 5.12 Å². The van der Waals surface area contributed by atoms with Gasteiger partial charge in [-0.2, -0.15) is 0 Å². The molecule has 9 heteroatoms. The fourth-order valence-electron chi connectivity index (χ4n) is 3.40. The molecule has 0 bridgehead atoms. The third kappa shape index (κ3) is 8.49. The molecule has 0 aliphatic heterocycles. The van der Waals surface area contributed by atoms with Crippen LogP contribution in [0.15, 0.2) is 82.9 Å². The highest BCUT2D eigenvalue weighted by Crippen LogP contribution is 2.28. The normalized spacial score (nSPS) is 13.5. The zero-order chi connectivity index (χ0) is 26.1. The van der Waals surface area contributed by atoms with Crippen molar-refractivity contribution in [1.82, 2.24) is 0 Å². The van der Waals surface area contributed by atoms with Gasteiger partial charge in [-0.1, -0.05) is 19.6 Å². The summed E-state index contributed by atoms with van der Waals surface area (Å²) in [5.41, 5.74) is 0.409. The second kappa shape index (κ2) is 13.2. The lowest BCUT2D eigenvalue weighted by Gasteiger charge is -2.21. The number of thioether (sulfide) groups is 2. The molecule has 188 valence electrons. The first-order chi connectivity index (χ1) is 17.2. The van der Waals surface area contributed by atoms with Gasteiger partial charge in [0.25, 0.3) is 5.12 Å². The smallest absolute Gasteiger partial charge is 0.339 e. The Balaban J connectivity index is 1.47. The van der Waals surface area contributed by atoms with Crippen molar-refractivity contribution in [2.75, 3.05) is 0 Å². The van der Waals surface area contributed by atoms with E-state index in [-0.39, 0.29) is 29.0 Å². The Kier molecular flexibility index (Phi) is 10.1. The molecule has 1 fully saturated rings. The number of benzene rings is 2. The van der Waals surface area contributed by atoms with Gasteiger partial charge in [0.05, 0.1) is 6.42 Å². The number of rotatable bonds is 9. The van der Waals surface area contributed by atoms with E-state index < -0.39 is 22.9 Å². The van der Waals surface area contributed by atoms with Crippen LogP contribution in [0.5, 0.6) is 5.75 Å². The lowest BCUT2D eigenvalue weighted by Crippen LogP contribution is -2.22. The highest BCUT2D eigenvalue weighted by atomic mass is 32.2. The molecule has 0 saturated heterocycles. The zero-order valence-corrected chi connectivity index (χ0v) is 21.1. The van der Waals surface area contributed by atoms with Crippen molar-refractivity contribution in [2.45, 2.75) is 54.4 Å². The monoisotopic (exact) mass is 528 g/mol. The van der Waals surface area contributed by atoms with E-state index in [0.29, 0.717) is 27.1 Å². The van der Waals surface area contributed by atoms with Crippen molar-refractivity contribution >= 4 is 45.7 Å². The number of carbonyl (C=O) groups excluding carboxylic acids is 4. The van der Waals surface area contributed by atoms with Gasteiger partial charge in [0, 0.05) is 20.9 Å². The molecule has 1 aliphatic carbocycles. The summed E-state index contributed by atoms with van der Waals surface area (Å²) in [5, 5.41) is -1.02. The molecule has 0 aromatic heterocycles. The second-order valence-electron chi connectivity index (χ2n) is 8.10. The number of hydrogen-bond acceptors (Lipinski definition) is 8. The van der Waals surface area contributed by atoms with Crippen LogP contribution in [-0.4, -0.2) is 28.3 Å². The Labute approximate surface area is 217 Å². The molecule has 2 aromatic carbocycles. The van der Waals surface area contributed by atoms with Crippen molar-refractivity contribution < 1.29 is 33.0 Å². The summed E-state index contributed by atoms with van der Waals surface area (Å²) < 4.78 is 23.5. The largest absolute Gasteiger partial charge is 0.462 e. The third-order valence-corrected chi connectivity index (χ3v) is 7.11. The van der Waals surface area contributed by atoms with E-state index in [0.717, 1.165) is 43.9 Å². The number of ether oxygens (including phenoxy) is 2. The Morgan fingerprint density at radius 1 is 0.861 bits per heavy atom. The Morgan fingerprint density at radius 3 is 2.06 bits per heavy atom. The standard InChI is InChI=1S/C27H25FO6S2/c1-17(16-24(29)33-20-6-4-3-5-7-20)25(30)34-21-10-14-23(15-11-21)36-27(32)19-8-12-22(13-9-19)35-26(31)18(2)28/h8-15,20H,1-7,16H2. The van der Waals surface area contributed by atoms with E-state index in [2.05, 4.69) is 13.2 Å². The van der Waals surface area contributed by atoms with Crippen molar-refractivity contribution in [3.05, 3.63) is 78.7 Å². The van der Waals surface area contributed by atoms with Crippen LogP contribution < -0.4 is 4.74 Å². The van der Waals surface area contributed by atoms with E-state index in [4.69, 9.17) is 9.47 Å². The minimum absolute atomic E-state index is 0.00331. The minimum Gasteiger partial charge on any atom is -0.462 e. The maximum atomic E-state index is 12.8. The molecule has 2 aromatic rings. The van der Waals surface area contributed by atoms with Gasteiger partial charge >= 0.3 is 11.9 Å². The lowest BCUT2D eigenvalue weighted by atomic mass is 9.98. The van der Waals surface area contributed by atoms with Gasteiger partial charge in [-0.25, -0.2) is 9.18 Å². The highest BCUT2D eigenvalue weighted by molar-refractivity contribution is 8.14. The molecule has 1 aliphatic rings. The van der Waals surface area contributed by atoms with E-state index in [1.54, 1.807) is 36.4 Å². The molecular formula is C27H25FO6S2. The number of halogens is 1. The van der Waals surface area contributed by atoms with E-state index in [9.17, 15) is 23.6 Å². The predicted octanol–water partition coefficient (Wildman–Crippen LogP) is 6.45. The molecule has 0 atom stereocenters. The molecule has 0 radical (unpaired) electrons. The average molecular weight is 529 g/mol. The van der Waals surface area contributed by atoms with Crippen molar-refractivity contribution in [3.63, 3.8) is 0 Å². The number of esters is 2. The molecule has 0 unspecified atom stereocenters. The summed E-state index contributed by atoms with van der Waals surface area (Å²) in [5.74, 6) is -1.99. The fraction of sp³-hybridized carbons (Fsp3) is 0.259. The first-order valence-corrected chi connectivity index (χ1v) is 12.9. The Bertz CT molecular complexity index is 1150. The Morgan fingerprint density at radius 2 is 1.44 bits per heavy atom. The fourth-order valence-corrected chi connectivity index (χ4v) is 4.74. The molecule has 0 heterocycles. The lowest BCUT2D eigenvalue weighted by molar-refractivity contribution is -0.150.